The van der Waals surface area contributed by atoms with Crippen LogP contribution in [0, 0.1) is 5.92 Å². The summed E-state index contributed by atoms with van der Waals surface area (Å²) < 4.78 is 7.59. The van der Waals surface area contributed by atoms with Crippen molar-refractivity contribution in [1.29, 1.82) is 0 Å². The van der Waals surface area contributed by atoms with Gasteiger partial charge in [-0.3, -0.25) is 14.4 Å². The van der Waals surface area contributed by atoms with Gasteiger partial charge in [-0.15, -0.1) is 0 Å². The van der Waals surface area contributed by atoms with Crippen molar-refractivity contribution >= 4 is 11.9 Å². The third-order valence-electron chi connectivity index (χ3n) is 7.15. The highest BCUT2D eigenvalue weighted by Crippen LogP contribution is 2.26. The molecule has 170 valence electrons. The van der Waals surface area contributed by atoms with Crippen LogP contribution in [0.5, 0.6) is 0 Å². The second-order valence-electron chi connectivity index (χ2n) is 9.30. The molecule has 0 spiro atoms. The van der Waals surface area contributed by atoms with E-state index in [-0.39, 0.29) is 17.2 Å². The molecule has 3 aliphatic rings. The van der Waals surface area contributed by atoms with Gasteiger partial charge in [-0.25, -0.2) is 0 Å². The molecule has 1 saturated heterocycles. The van der Waals surface area contributed by atoms with Crippen LogP contribution in [-0.4, -0.2) is 40.3 Å². The molecular formula is C24H34N2O5. The first kappa shape index (κ1) is 22.1. The number of carboxylic acids is 1. The first-order chi connectivity index (χ1) is 15.0. The van der Waals surface area contributed by atoms with Crippen LogP contribution in [-0.2, 0) is 28.9 Å². The Balaban J connectivity index is 1.66. The molecule has 1 aliphatic heterocycles. The van der Waals surface area contributed by atoms with E-state index < -0.39 is 23.8 Å². The Morgan fingerprint density at radius 3 is 2.55 bits per heavy atom. The maximum Gasteiger partial charge on any atom is 0.308 e. The number of fused-ring (bicyclic) bond motifs is 1. The number of pyridine rings is 1. The van der Waals surface area contributed by atoms with Gasteiger partial charge in [-0.05, 0) is 63.0 Å². The molecule has 0 aromatic carbocycles. The fraction of sp³-hybridized carbons (Fsp3) is 0.708. The number of carboxylic acid groups (broad SMARTS) is 1. The lowest BCUT2D eigenvalue weighted by Gasteiger charge is -2.29. The molecule has 3 unspecified atom stereocenters. The Hall–Kier alpha value is -2.15. The van der Waals surface area contributed by atoms with E-state index in [2.05, 4.69) is 5.32 Å². The maximum absolute atomic E-state index is 13.5. The lowest BCUT2D eigenvalue weighted by atomic mass is 9.84. The minimum absolute atomic E-state index is 0.0142. The third kappa shape index (κ3) is 5.03. The number of aromatic nitrogens is 1. The molecule has 7 nitrogen and oxygen atoms in total. The van der Waals surface area contributed by atoms with Gasteiger partial charge in [0.25, 0.3) is 11.5 Å². The zero-order valence-corrected chi connectivity index (χ0v) is 18.2. The van der Waals surface area contributed by atoms with Crippen molar-refractivity contribution in [3.8, 4) is 0 Å². The summed E-state index contributed by atoms with van der Waals surface area (Å²) in [5.74, 6) is -1.90. The van der Waals surface area contributed by atoms with Crippen molar-refractivity contribution in [3.05, 3.63) is 33.2 Å². The number of aliphatic carboxylic acids is 1. The number of nitrogens with one attached hydrogen (secondary N) is 1. The lowest BCUT2D eigenvalue weighted by molar-refractivity contribution is -0.143. The van der Waals surface area contributed by atoms with Crippen molar-refractivity contribution in [3.63, 3.8) is 0 Å². The van der Waals surface area contributed by atoms with Crippen LogP contribution in [0.3, 0.4) is 0 Å². The number of carbonyl (C=O) groups excluding carboxylic acids is 1. The van der Waals surface area contributed by atoms with E-state index in [1.807, 2.05) is 0 Å². The normalized spacial score (nSPS) is 26.5. The van der Waals surface area contributed by atoms with Gasteiger partial charge in [0.1, 0.15) is 5.56 Å². The molecule has 1 saturated carbocycles. The minimum Gasteiger partial charge on any atom is -0.481 e. The molecule has 7 heteroatoms. The first-order valence-corrected chi connectivity index (χ1v) is 12.0. The van der Waals surface area contributed by atoms with E-state index in [1.165, 1.54) is 0 Å². The predicted octanol–water partition coefficient (Wildman–Crippen LogP) is 3.06. The molecule has 4 rings (SSSR count). The molecule has 31 heavy (non-hydrogen) atoms. The van der Waals surface area contributed by atoms with Crippen LogP contribution in [0.2, 0.25) is 0 Å². The van der Waals surface area contributed by atoms with E-state index in [0.29, 0.717) is 19.4 Å². The molecular weight excluding hydrogens is 396 g/mol. The fourth-order valence-electron chi connectivity index (χ4n) is 5.43. The van der Waals surface area contributed by atoms with Crippen molar-refractivity contribution < 1.29 is 19.4 Å². The number of ether oxygens (including phenoxy) is 1. The third-order valence-corrected chi connectivity index (χ3v) is 7.15. The van der Waals surface area contributed by atoms with E-state index >= 15 is 0 Å². The Morgan fingerprint density at radius 2 is 1.81 bits per heavy atom. The highest BCUT2D eigenvalue weighted by atomic mass is 16.5. The van der Waals surface area contributed by atoms with Gasteiger partial charge in [0, 0.05) is 18.3 Å². The van der Waals surface area contributed by atoms with Crippen LogP contribution < -0.4 is 10.9 Å². The van der Waals surface area contributed by atoms with Gasteiger partial charge in [-0.2, -0.15) is 0 Å². The zero-order chi connectivity index (χ0) is 21.8. The van der Waals surface area contributed by atoms with Crippen LogP contribution in [0.1, 0.15) is 85.8 Å². The smallest absolute Gasteiger partial charge is 0.308 e. The minimum atomic E-state index is -0.876. The zero-order valence-electron chi connectivity index (χ0n) is 18.2. The predicted molar refractivity (Wildman–Crippen MR) is 116 cm³/mol. The number of hydrogen-bond acceptors (Lipinski definition) is 4. The summed E-state index contributed by atoms with van der Waals surface area (Å²) >= 11 is 0. The van der Waals surface area contributed by atoms with E-state index in [9.17, 15) is 19.5 Å². The number of carbonyl (C=O) groups is 2. The van der Waals surface area contributed by atoms with Crippen LogP contribution in [0.25, 0.3) is 0 Å². The van der Waals surface area contributed by atoms with Crippen LogP contribution >= 0.6 is 0 Å². The molecule has 1 aromatic rings. The van der Waals surface area contributed by atoms with Crippen LogP contribution in [0.4, 0.5) is 0 Å². The van der Waals surface area contributed by atoms with Crippen molar-refractivity contribution in [2.24, 2.45) is 5.92 Å². The Labute approximate surface area is 183 Å². The molecule has 2 heterocycles. The Kier molecular flexibility index (Phi) is 7.10. The summed E-state index contributed by atoms with van der Waals surface area (Å²) in [6, 6.07) is 1.36. The fourth-order valence-corrected chi connectivity index (χ4v) is 5.43. The largest absolute Gasteiger partial charge is 0.481 e. The molecule has 2 fully saturated rings. The van der Waals surface area contributed by atoms with Crippen molar-refractivity contribution in [2.45, 2.75) is 95.7 Å². The summed E-state index contributed by atoms with van der Waals surface area (Å²) in [6.45, 7) is 1.21. The van der Waals surface area contributed by atoms with Gasteiger partial charge in [-0.1, -0.05) is 25.7 Å². The quantitative estimate of drug-likeness (QED) is 0.748. The van der Waals surface area contributed by atoms with Crippen LogP contribution in [0.15, 0.2) is 10.9 Å². The molecule has 2 aliphatic carbocycles. The summed E-state index contributed by atoms with van der Waals surface area (Å²) in [5, 5.41) is 12.4. The summed E-state index contributed by atoms with van der Waals surface area (Å²) in [6.07, 6.45) is 11.0. The first-order valence-electron chi connectivity index (χ1n) is 12.0. The highest BCUT2D eigenvalue weighted by molar-refractivity contribution is 5.94. The van der Waals surface area contributed by atoms with Gasteiger partial charge in [0.05, 0.1) is 18.6 Å². The lowest BCUT2D eigenvalue weighted by Crippen LogP contribution is -2.47. The molecule has 1 amide bonds. The van der Waals surface area contributed by atoms with Gasteiger partial charge >= 0.3 is 5.97 Å². The van der Waals surface area contributed by atoms with Crippen molar-refractivity contribution in [1.82, 2.24) is 9.88 Å². The van der Waals surface area contributed by atoms with E-state index in [0.717, 1.165) is 82.1 Å². The van der Waals surface area contributed by atoms with Gasteiger partial charge in [0.2, 0.25) is 0 Å². The van der Waals surface area contributed by atoms with E-state index in [1.54, 1.807) is 10.6 Å². The topological polar surface area (TPSA) is 97.6 Å². The van der Waals surface area contributed by atoms with Gasteiger partial charge in [0.15, 0.2) is 0 Å². The number of aryl methyl sites for hydroxylation is 1. The number of amides is 1. The average molecular weight is 431 g/mol. The second kappa shape index (κ2) is 9.98. The Morgan fingerprint density at radius 1 is 1.03 bits per heavy atom. The highest BCUT2D eigenvalue weighted by Gasteiger charge is 2.33. The molecule has 2 N–H and O–H groups in total. The summed E-state index contributed by atoms with van der Waals surface area (Å²) in [4.78, 5) is 38.3. The number of nitrogens with zero attached hydrogens (tertiary/aromatic N) is 1. The standard InChI is InChI=1S/C24H34N2O5/c27-22(25-20-11-6-5-10-18(20)24(29)30)19-14-16-8-3-1-2-4-12-21(16)26(23(19)28)15-17-9-7-13-31-17/h14,17-18,20H,1-13,15H2,(H,25,27)(H,29,30). The molecule has 1 aromatic heterocycles. The van der Waals surface area contributed by atoms with Gasteiger partial charge < -0.3 is 19.7 Å². The molecule has 0 radical (unpaired) electrons. The van der Waals surface area contributed by atoms with E-state index in [4.69, 9.17) is 4.74 Å². The SMILES string of the molecule is O=C(NC1CCCCC1C(=O)O)c1cc2c(n(CC3CCCO3)c1=O)CCCCCC2. The Bertz CT molecular complexity index is 871. The average Bonchev–Trinajstić information content (AvgIpc) is 3.24. The summed E-state index contributed by atoms with van der Waals surface area (Å²) in [5.41, 5.74) is 2.01. The molecule has 0 bridgehead atoms. The number of rotatable bonds is 5. The van der Waals surface area contributed by atoms with Crippen molar-refractivity contribution in [2.75, 3.05) is 6.61 Å². The molecule has 3 atom stereocenters. The second-order valence-corrected chi connectivity index (χ2v) is 9.30. The monoisotopic (exact) mass is 430 g/mol. The maximum atomic E-state index is 13.5. The number of hydrogen-bond donors (Lipinski definition) is 2. The summed E-state index contributed by atoms with van der Waals surface area (Å²) in [7, 11) is 0.